The van der Waals surface area contributed by atoms with Crippen LogP contribution in [0.4, 0.5) is 0 Å². The summed E-state index contributed by atoms with van der Waals surface area (Å²) in [5.41, 5.74) is -1.66. The molecule has 2 N–H and O–H groups in total. The summed E-state index contributed by atoms with van der Waals surface area (Å²) >= 11 is 0. The summed E-state index contributed by atoms with van der Waals surface area (Å²) in [5.74, 6) is 0. The Labute approximate surface area is 79.1 Å². The highest BCUT2D eigenvalue weighted by Crippen LogP contribution is 2.01. The van der Waals surface area contributed by atoms with Crippen molar-refractivity contribution in [2.24, 2.45) is 0 Å². The average molecular weight is 211 g/mol. The van der Waals surface area contributed by atoms with Gasteiger partial charge in [-0.3, -0.25) is 4.55 Å². The fourth-order valence-electron chi connectivity index (χ4n) is 0.982. The van der Waals surface area contributed by atoms with E-state index in [2.05, 4.69) is 0 Å². The standard InChI is InChI=1S/C7H17NO4S/c1-3-8(4-2)6-5-7(9)13(10,11)12/h7,9H,3-6H2,1-2H3,(H,10,11,12). The van der Waals surface area contributed by atoms with E-state index in [0.29, 0.717) is 6.54 Å². The molecule has 0 aliphatic heterocycles. The number of hydrogen-bond donors (Lipinski definition) is 2. The van der Waals surface area contributed by atoms with Gasteiger partial charge in [0.25, 0.3) is 10.1 Å². The lowest BCUT2D eigenvalue weighted by Gasteiger charge is -2.18. The van der Waals surface area contributed by atoms with Gasteiger partial charge in [0.15, 0.2) is 5.44 Å². The monoisotopic (exact) mass is 211 g/mol. The van der Waals surface area contributed by atoms with Gasteiger partial charge in [0.2, 0.25) is 0 Å². The molecule has 80 valence electrons. The van der Waals surface area contributed by atoms with Crippen molar-refractivity contribution < 1.29 is 18.1 Å². The Hall–Kier alpha value is -0.170. The van der Waals surface area contributed by atoms with E-state index >= 15 is 0 Å². The molecule has 0 heterocycles. The van der Waals surface area contributed by atoms with Crippen molar-refractivity contribution in [1.82, 2.24) is 4.90 Å². The normalized spacial score (nSPS) is 14.8. The SMILES string of the molecule is CCN(CC)CCC(O)S(=O)(=O)O. The molecule has 0 aromatic heterocycles. The van der Waals surface area contributed by atoms with Crippen molar-refractivity contribution >= 4 is 10.1 Å². The molecule has 0 radical (unpaired) electrons. The van der Waals surface area contributed by atoms with Crippen molar-refractivity contribution in [3.8, 4) is 0 Å². The van der Waals surface area contributed by atoms with E-state index in [1.54, 1.807) is 0 Å². The van der Waals surface area contributed by atoms with Gasteiger partial charge in [-0.25, -0.2) is 0 Å². The minimum atomic E-state index is -4.29. The summed E-state index contributed by atoms with van der Waals surface area (Å²) < 4.78 is 29.3. The lowest BCUT2D eigenvalue weighted by Crippen LogP contribution is -2.29. The maximum absolute atomic E-state index is 10.4. The molecule has 1 unspecified atom stereocenters. The second kappa shape index (κ2) is 5.54. The van der Waals surface area contributed by atoms with Crippen molar-refractivity contribution in [3.63, 3.8) is 0 Å². The highest BCUT2D eigenvalue weighted by atomic mass is 32.2. The van der Waals surface area contributed by atoms with Gasteiger partial charge in [-0.15, -0.1) is 0 Å². The fraction of sp³-hybridized carbons (Fsp3) is 1.00. The molecule has 0 saturated carbocycles. The summed E-state index contributed by atoms with van der Waals surface area (Å²) in [6.07, 6.45) is 0.0422. The molecule has 0 saturated heterocycles. The quantitative estimate of drug-likeness (QED) is 0.601. The summed E-state index contributed by atoms with van der Waals surface area (Å²) in [7, 11) is -4.29. The van der Waals surface area contributed by atoms with Crippen LogP contribution in [0.3, 0.4) is 0 Å². The van der Waals surface area contributed by atoms with Crippen molar-refractivity contribution in [2.75, 3.05) is 19.6 Å². The molecular formula is C7H17NO4S. The number of aliphatic hydroxyl groups is 1. The zero-order valence-corrected chi connectivity index (χ0v) is 8.79. The summed E-state index contributed by atoms with van der Waals surface area (Å²) in [5, 5.41) is 8.96. The van der Waals surface area contributed by atoms with E-state index in [4.69, 9.17) is 9.66 Å². The third kappa shape index (κ3) is 5.20. The van der Waals surface area contributed by atoms with Crippen LogP contribution in [-0.2, 0) is 10.1 Å². The topological polar surface area (TPSA) is 77.8 Å². The lowest BCUT2D eigenvalue weighted by molar-refractivity contribution is 0.193. The van der Waals surface area contributed by atoms with Crippen LogP contribution in [0, 0.1) is 0 Å². The molecule has 0 rings (SSSR count). The zero-order valence-electron chi connectivity index (χ0n) is 7.97. The van der Waals surface area contributed by atoms with Crippen LogP contribution in [0.25, 0.3) is 0 Å². The van der Waals surface area contributed by atoms with E-state index in [0.717, 1.165) is 13.1 Å². The van der Waals surface area contributed by atoms with Gasteiger partial charge in [-0.05, 0) is 13.1 Å². The lowest BCUT2D eigenvalue weighted by atomic mass is 10.4. The Morgan fingerprint density at radius 3 is 2.08 bits per heavy atom. The van der Waals surface area contributed by atoms with Crippen LogP contribution in [-0.4, -0.2) is 48.0 Å². The largest absolute Gasteiger partial charge is 0.375 e. The maximum atomic E-state index is 10.4. The van der Waals surface area contributed by atoms with E-state index < -0.39 is 15.6 Å². The van der Waals surface area contributed by atoms with Gasteiger partial charge in [-0.1, -0.05) is 13.8 Å². The van der Waals surface area contributed by atoms with Crippen LogP contribution >= 0.6 is 0 Å². The van der Waals surface area contributed by atoms with Gasteiger partial charge >= 0.3 is 0 Å². The molecule has 0 aliphatic carbocycles. The predicted molar refractivity (Wildman–Crippen MR) is 50.0 cm³/mol. The summed E-state index contributed by atoms with van der Waals surface area (Å²) in [6.45, 7) is 5.96. The molecule has 0 spiro atoms. The minimum Gasteiger partial charge on any atom is -0.375 e. The van der Waals surface area contributed by atoms with Gasteiger partial charge in [-0.2, -0.15) is 8.42 Å². The van der Waals surface area contributed by atoms with Gasteiger partial charge in [0.1, 0.15) is 0 Å². The minimum absolute atomic E-state index is 0.0422. The maximum Gasteiger partial charge on any atom is 0.292 e. The molecule has 0 fully saturated rings. The first-order valence-corrected chi connectivity index (χ1v) is 5.78. The Balaban J connectivity index is 3.89. The molecule has 1 atom stereocenters. The first kappa shape index (κ1) is 12.8. The van der Waals surface area contributed by atoms with Crippen molar-refractivity contribution in [2.45, 2.75) is 25.7 Å². The Bertz CT molecular complexity index is 223. The zero-order chi connectivity index (χ0) is 10.5. The molecule has 0 amide bonds. The number of rotatable bonds is 6. The van der Waals surface area contributed by atoms with E-state index in [1.165, 1.54) is 0 Å². The number of aliphatic hydroxyl groups excluding tert-OH is 1. The van der Waals surface area contributed by atoms with Gasteiger partial charge in [0.05, 0.1) is 0 Å². The molecule has 6 heteroatoms. The Morgan fingerprint density at radius 2 is 1.77 bits per heavy atom. The van der Waals surface area contributed by atoms with Crippen molar-refractivity contribution in [3.05, 3.63) is 0 Å². The van der Waals surface area contributed by atoms with Crippen LogP contribution in [0.15, 0.2) is 0 Å². The molecule has 0 aromatic carbocycles. The molecule has 5 nitrogen and oxygen atoms in total. The number of nitrogens with zero attached hydrogens (tertiary/aromatic N) is 1. The molecule has 0 aliphatic rings. The van der Waals surface area contributed by atoms with E-state index in [1.807, 2.05) is 18.7 Å². The van der Waals surface area contributed by atoms with Crippen LogP contribution in [0.1, 0.15) is 20.3 Å². The fourth-order valence-corrected chi connectivity index (χ4v) is 1.39. The van der Waals surface area contributed by atoms with Gasteiger partial charge in [0, 0.05) is 13.0 Å². The van der Waals surface area contributed by atoms with Gasteiger partial charge < -0.3 is 10.0 Å². The Morgan fingerprint density at radius 1 is 1.31 bits per heavy atom. The highest BCUT2D eigenvalue weighted by molar-refractivity contribution is 7.86. The second-order valence-electron chi connectivity index (χ2n) is 2.79. The third-order valence-electron chi connectivity index (χ3n) is 1.93. The smallest absolute Gasteiger partial charge is 0.292 e. The predicted octanol–water partition coefficient (Wildman–Crippen LogP) is -0.0755. The average Bonchev–Trinajstić information content (AvgIpc) is 2.04. The first-order chi connectivity index (χ1) is 5.91. The molecule has 13 heavy (non-hydrogen) atoms. The van der Waals surface area contributed by atoms with Crippen LogP contribution in [0.5, 0.6) is 0 Å². The Kier molecular flexibility index (Phi) is 5.46. The van der Waals surface area contributed by atoms with E-state index in [-0.39, 0.29) is 6.42 Å². The van der Waals surface area contributed by atoms with Crippen molar-refractivity contribution in [1.29, 1.82) is 0 Å². The first-order valence-electron chi connectivity index (χ1n) is 4.28. The van der Waals surface area contributed by atoms with Crippen LogP contribution in [0.2, 0.25) is 0 Å². The third-order valence-corrected chi connectivity index (χ3v) is 2.85. The second-order valence-corrected chi connectivity index (χ2v) is 4.36. The molecular weight excluding hydrogens is 194 g/mol. The summed E-state index contributed by atoms with van der Waals surface area (Å²) in [4.78, 5) is 1.97. The highest BCUT2D eigenvalue weighted by Gasteiger charge is 2.19. The van der Waals surface area contributed by atoms with Crippen LogP contribution < -0.4 is 0 Å². The number of hydrogen-bond acceptors (Lipinski definition) is 4. The summed E-state index contributed by atoms with van der Waals surface area (Å²) in [6, 6.07) is 0. The molecule has 0 aromatic rings. The molecule has 0 bridgehead atoms. The van der Waals surface area contributed by atoms with E-state index in [9.17, 15) is 8.42 Å².